The highest BCUT2D eigenvalue weighted by atomic mass is 19.4. The van der Waals surface area contributed by atoms with Crippen LogP contribution in [0.2, 0.25) is 0 Å². The Labute approximate surface area is 93.6 Å². The summed E-state index contributed by atoms with van der Waals surface area (Å²) in [5.41, 5.74) is -0.764. The zero-order chi connectivity index (χ0) is 12.2. The van der Waals surface area contributed by atoms with Gasteiger partial charge >= 0.3 is 6.18 Å². The molecular formula is C10H19F3N2O. The molecule has 0 aliphatic carbocycles. The summed E-state index contributed by atoms with van der Waals surface area (Å²) in [6, 6.07) is 0. The highest BCUT2D eigenvalue weighted by molar-refractivity contribution is 4.91. The van der Waals surface area contributed by atoms with Gasteiger partial charge in [-0.2, -0.15) is 13.2 Å². The molecule has 0 amide bonds. The molecule has 3 nitrogen and oxygen atoms in total. The average molecular weight is 240 g/mol. The maximum atomic E-state index is 12.1. The number of alkyl halides is 3. The molecule has 0 bridgehead atoms. The first-order chi connectivity index (χ1) is 7.37. The second-order valence-corrected chi connectivity index (χ2v) is 4.56. The Balaban J connectivity index is 2.55. The average Bonchev–Trinajstić information content (AvgIpc) is 2.38. The van der Waals surface area contributed by atoms with Crippen LogP contribution in [-0.4, -0.2) is 55.0 Å². The van der Waals surface area contributed by atoms with Crippen molar-refractivity contribution in [2.75, 3.05) is 33.3 Å². The lowest BCUT2D eigenvalue weighted by molar-refractivity contribution is -0.130. The smallest absolute Gasteiger partial charge is 0.394 e. The van der Waals surface area contributed by atoms with Gasteiger partial charge in [0.2, 0.25) is 0 Å². The van der Waals surface area contributed by atoms with Crippen molar-refractivity contribution in [2.24, 2.45) is 0 Å². The molecule has 6 heteroatoms. The molecule has 1 rings (SSSR count). The molecular weight excluding hydrogens is 221 g/mol. The maximum absolute atomic E-state index is 12.1. The van der Waals surface area contributed by atoms with Crippen LogP contribution in [0.1, 0.15) is 19.3 Å². The minimum absolute atomic E-state index is 0.239. The molecule has 0 saturated carbocycles. The molecule has 0 aromatic rings. The third kappa shape index (κ3) is 4.27. The van der Waals surface area contributed by atoms with Crippen molar-refractivity contribution in [2.45, 2.75) is 31.0 Å². The number of rotatable bonds is 3. The van der Waals surface area contributed by atoms with Crippen molar-refractivity contribution >= 4 is 0 Å². The molecule has 0 aromatic carbocycles. The first-order valence-corrected chi connectivity index (χ1v) is 5.48. The highest BCUT2D eigenvalue weighted by Crippen LogP contribution is 2.23. The summed E-state index contributed by atoms with van der Waals surface area (Å²) in [4.78, 5) is 2.08. The quantitative estimate of drug-likeness (QED) is 0.772. The van der Waals surface area contributed by atoms with Crippen molar-refractivity contribution < 1.29 is 18.3 Å². The molecule has 0 aromatic heterocycles. The molecule has 2 N–H and O–H groups in total. The van der Waals surface area contributed by atoms with Gasteiger partial charge < -0.3 is 15.3 Å². The van der Waals surface area contributed by atoms with Crippen LogP contribution in [-0.2, 0) is 0 Å². The van der Waals surface area contributed by atoms with Crippen LogP contribution in [0.3, 0.4) is 0 Å². The largest absolute Gasteiger partial charge is 0.401 e. The topological polar surface area (TPSA) is 35.5 Å². The monoisotopic (exact) mass is 240 g/mol. The van der Waals surface area contributed by atoms with E-state index in [2.05, 4.69) is 10.2 Å². The van der Waals surface area contributed by atoms with Crippen LogP contribution in [0.25, 0.3) is 0 Å². The number of nitrogens with one attached hydrogen (secondary N) is 1. The van der Waals surface area contributed by atoms with E-state index in [1.165, 1.54) is 0 Å². The zero-order valence-electron chi connectivity index (χ0n) is 9.48. The second kappa shape index (κ2) is 5.33. The summed E-state index contributed by atoms with van der Waals surface area (Å²) in [5.74, 6) is 0. The van der Waals surface area contributed by atoms with Crippen LogP contribution in [0, 0.1) is 0 Å². The molecule has 1 heterocycles. The van der Waals surface area contributed by atoms with Crippen molar-refractivity contribution in [3.63, 3.8) is 0 Å². The summed E-state index contributed by atoms with van der Waals surface area (Å²) in [6.45, 7) is 0.315. The van der Waals surface area contributed by atoms with E-state index in [9.17, 15) is 18.3 Å². The Morgan fingerprint density at radius 2 is 2.00 bits per heavy atom. The van der Waals surface area contributed by atoms with Gasteiger partial charge in [0, 0.05) is 5.54 Å². The van der Waals surface area contributed by atoms with Crippen LogP contribution < -0.4 is 5.32 Å². The lowest BCUT2D eigenvalue weighted by Gasteiger charge is -2.32. The molecule has 1 aliphatic heterocycles. The fourth-order valence-electron chi connectivity index (χ4n) is 2.01. The predicted molar refractivity (Wildman–Crippen MR) is 55.2 cm³/mol. The Bertz CT molecular complexity index is 223. The van der Waals surface area contributed by atoms with Gasteiger partial charge in [-0.05, 0) is 39.4 Å². The molecule has 0 radical (unpaired) electrons. The van der Waals surface area contributed by atoms with Crippen LogP contribution in [0.4, 0.5) is 13.2 Å². The Morgan fingerprint density at radius 1 is 1.31 bits per heavy atom. The third-order valence-corrected chi connectivity index (χ3v) is 3.13. The second-order valence-electron chi connectivity index (χ2n) is 4.56. The lowest BCUT2D eigenvalue weighted by atomic mass is 9.91. The number of aliphatic hydroxyl groups is 1. The molecule has 1 atom stereocenters. The minimum atomic E-state index is -4.22. The van der Waals surface area contributed by atoms with Gasteiger partial charge in [-0.25, -0.2) is 0 Å². The zero-order valence-corrected chi connectivity index (χ0v) is 9.48. The van der Waals surface area contributed by atoms with Crippen molar-refractivity contribution in [3.8, 4) is 0 Å². The Hall–Kier alpha value is -0.330. The molecule has 16 heavy (non-hydrogen) atoms. The van der Waals surface area contributed by atoms with Crippen molar-refractivity contribution in [3.05, 3.63) is 0 Å². The normalized spacial score (nSPS) is 29.1. The van der Waals surface area contributed by atoms with Gasteiger partial charge in [-0.15, -0.1) is 0 Å². The van der Waals surface area contributed by atoms with E-state index in [4.69, 9.17) is 0 Å². The summed E-state index contributed by atoms with van der Waals surface area (Å²) in [7, 11) is 1.94. The van der Waals surface area contributed by atoms with E-state index >= 15 is 0 Å². The Kier molecular flexibility index (Phi) is 4.58. The molecule has 1 fully saturated rings. The van der Waals surface area contributed by atoms with E-state index in [1.54, 1.807) is 0 Å². The summed E-state index contributed by atoms with van der Waals surface area (Å²) in [6.07, 6.45) is -2.28. The van der Waals surface area contributed by atoms with Crippen LogP contribution in [0.15, 0.2) is 0 Å². The van der Waals surface area contributed by atoms with Crippen LogP contribution >= 0.6 is 0 Å². The first kappa shape index (κ1) is 13.7. The van der Waals surface area contributed by atoms with E-state index in [0.717, 1.165) is 13.0 Å². The van der Waals surface area contributed by atoms with E-state index in [-0.39, 0.29) is 6.61 Å². The van der Waals surface area contributed by atoms with Crippen molar-refractivity contribution in [1.82, 2.24) is 10.2 Å². The van der Waals surface area contributed by atoms with Crippen molar-refractivity contribution in [1.29, 1.82) is 0 Å². The first-order valence-electron chi connectivity index (χ1n) is 5.48. The molecule has 1 unspecified atom stereocenters. The predicted octanol–water partition coefficient (Wildman–Crippen LogP) is 0.985. The highest BCUT2D eigenvalue weighted by Gasteiger charge is 2.36. The Morgan fingerprint density at radius 3 is 2.56 bits per heavy atom. The van der Waals surface area contributed by atoms with E-state index in [1.807, 2.05) is 7.05 Å². The maximum Gasteiger partial charge on any atom is 0.401 e. The van der Waals surface area contributed by atoms with Gasteiger partial charge in [-0.1, -0.05) is 0 Å². The number of halogens is 3. The third-order valence-electron chi connectivity index (χ3n) is 3.13. The SMILES string of the molecule is CN1CCCC(CO)(NCC(F)(F)F)CC1. The molecule has 96 valence electrons. The number of likely N-dealkylation sites (tertiary alicyclic amines) is 1. The number of nitrogens with zero attached hydrogens (tertiary/aromatic N) is 1. The number of hydrogen-bond acceptors (Lipinski definition) is 3. The van der Waals surface area contributed by atoms with Gasteiger partial charge in [0.05, 0.1) is 13.2 Å². The minimum Gasteiger partial charge on any atom is -0.394 e. The molecule has 1 saturated heterocycles. The molecule has 1 aliphatic rings. The summed E-state index contributed by atoms with van der Waals surface area (Å²) < 4.78 is 36.4. The summed E-state index contributed by atoms with van der Waals surface area (Å²) >= 11 is 0. The molecule has 0 spiro atoms. The van der Waals surface area contributed by atoms with Gasteiger partial charge in [0.25, 0.3) is 0 Å². The van der Waals surface area contributed by atoms with Gasteiger partial charge in [0.1, 0.15) is 0 Å². The van der Waals surface area contributed by atoms with E-state index in [0.29, 0.717) is 19.4 Å². The summed E-state index contributed by atoms with van der Waals surface area (Å²) in [5, 5.41) is 11.8. The lowest BCUT2D eigenvalue weighted by Crippen LogP contribution is -2.52. The number of hydrogen-bond donors (Lipinski definition) is 2. The number of aliphatic hydroxyl groups excluding tert-OH is 1. The van der Waals surface area contributed by atoms with Gasteiger partial charge in [-0.3, -0.25) is 0 Å². The fourth-order valence-corrected chi connectivity index (χ4v) is 2.01. The van der Waals surface area contributed by atoms with Crippen LogP contribution in [0.5, 0.6) is 0 Å². The standard InChI is InChI=1S/C10H19F3N2O/c1-15-5-2-3-9(8-16,4-6-15)14-7-10(11,12)13/h14,16H,2-8H2,1H3. The van der Waals surface area contributed by atoms with E-state index < -0.39 is 18.3 Å². The fraction of sp³-hybridized carbons (Fsp3) is 1.00. The van der Waals surface area contributed by atoms with Gasteiger partial charge in [0.15, 0.2) is 0 Å².